The van der Waals surface area contributed by atoms with E-state index in [4.69, 9.17) is 4.74 Å². The summed E-state index contributed by atoms with van der Waals surface area (Å²) in [5, 5.41) is 0. The fraction of sp³-hybridized carbons (Fsp3) is 0.800. The Morgan fingerprint density at radius 2 is 1.96 bits per heavy atom. The van der Waals surface area contributed by atoms with Crippen molar-refractivity contribution in [2.75, 3.05) is 70.3 Å². The summed E-state index contributed by atoms with van der Waals surface area (Å²) in [5.41, 5.74) is 0.423. The van der Waals surface area contributed by atoms with Crippen molar-refractivity contribution >= 4 is 11.6 Å². The van der Waals surface area contributed by atoms with Crippen LogP contribution in [0.5, 0.6) is 0 Å². The standard InChI is InChI=1S/C20H33N5O/c1-23(2)18-10-19(22-15-21-18)25-8-6-20(7-9-25)14-24(3)11-17(20)13-26-12-16-4-5-16/h10,15-17H,4-9,11-14H2,1-3H3/t17-/m1/s1. The maximum atomic E-state index is 6.10. The first-order chi connectivity index (χ1) is 12.6. The Morgan fingerprint density at radius 3 is 2.65 bits per heavy atom. The molecular formula is C20H33N5O. The van der Waals surface area contributed by atoms with Crippen molar-refractivity contribution < 1.29 is 4.74 Å². The van der Waals surface area contributed by atoms with Crippen molar-refractivity contribution in [2.24, 2.45) is 17.3 Å². The van der Waals surface area contributed by atoms with Crippen LogP contribution in [0.25, 0.3) is 0 Å². The Bertz CT molecular complexity index is 610. The Morgan fingerprint density at radius 1 is 1.19 bits per heavy atom. The number of rotatable bonds is 6. The second-order valence-corrected chi connectivity index (χ2v) is 8.85. The number of likely N-dealkylation sites (tertiary alicyclic amines) is 1. The molecular weight excluding hydrogens is 326 g/mol. The van der Waals surface area contributed by atoms with E-state index in [-0.39, 0.29) is 0 Å². The second kappa shape index (κ2) is 7.31. The van der Waals surface area contributed by atoms with Crippen LogP contribution in [0.1, 0.15) is 25.7 Å². The van der Waals surface area contributed by atoms with Gasteiger partial charge in [0.2, 0.25) is 0 Å². The van der Waals surface area contributed by atoms with Crippen LogP contribution < -0.4 is 9.80 Å². The summed E-state index contributed by atoms with van der Waals surface area (Å²) in [7, 11) is 6.32. The molecule has 1 atom stereocenters. The number of aromatic nitrogens is 2. The lowest BCUT2D eigenvalue weighted by atomic mass is 9.71. The molecule has 2 aliphatic heterocycles. The molecule has 1 aromatic rings. The molecule has 1 spiro atoms. The molecule has 1 aliphatic carbocycles. The third kappa shape index (κ3) is 3.81. The minimum Gasteiger partial charge on any atom is -0.381 e. The summed E-state index contributed by atoms with van der Waals surface area (Å²) in [6.07, 6.45) is 6.90. The number of hydrogen-bond acceptors (Lipinski definition) is 6. The molecule has 0 unspecified atom stereocenters. The van der Waals surface area contributed by atoms with E-state index < -0.39 is 0 Å². The van der Waals surface area contributed by atoms with Gasteiger partial charge in [0.15, 0.2) is 0 Å². The first-order valence-electron chi connectivity index (χ1n) is 10.1. The lowest BCUT2D eigenvalue weighted by molar-refractivity contribution is 0.0428. The zero-order valence-electron chi connectivity index (χ0n) is 16.5. The van der Waals surface area contributed by atoms with E-state index in [2.05, 4.69) is 32.9 Å². The van der Waals surface area contributed by atoms with Crippen LogP contribution in [-0.4, -0.2) is 75.4 Å². The zero-order chi connectivity index (χ0) is 18.1. The van der Waals surface area contributed by atoms with Gasteiger partial charge < -0.3 is 19.4 Å². The summed E-state index contributed by atoms with van der Waals surface area (Å²) in [5.74, 6) is 3.57. The topological polar surface area (TPSA) is 44.7 Å². The summed E-state index contributed by atoms with van der Waals surface area (Å²) in [4.78, 5) is 15.8. The molecule has 6 nitrogen and oxygen atoms in total. The Balaban J connectivity index is 1.38. The van der Waals surface area contributed by atoms with Crippen LogP contribution in [-0.2, 0) is 4.74 Å². The van der Waals surface area contributed by atoms with Crippen molar-refractivity contribution in [3.63, 3.8) is 0 Å². The van der Waals surface area contributed by atoms with Gasteiger partial charge in [-0.2, -0.15) is 0 Å². The largest absolute Gasteiger partial charge is 0.381 e. The summed E-state index contributed by atoms with van der Waals surface area (Å²) in [6.45, 7) is 6.48. The maximum absolute atomic E-state index is 6.10. The Hall–Kier alpha value is -1.40. The van der Waals surface area contributed by atoms with Crippen LogP contribution >= 0.6 is 0 Å². The Labute approximate surface area is 157 Å². The van der Waals surface area contributed by atoms with Gasteiger partial charge in [0.05, 0.1) is 6.61 Å². The molecule has 1 aromatic heterocycles. The van der Waals surface area contributed by atoms with Crippen LogP contribution in [0, 0.1) is 17.3 Å². The third-order valence-electron chi connectivity index (χ3n) is 6.53. The molecule has 1 saturated carbocycles. The molecule has 0 radical (unpaired) electrons. The van der Waals surface area contributed by atoms with Crippen LogP contribution in [0.2, 0.25) is 0 Å². The molecule has 0 aromatic carbocycles. The third-order valence-corrected chi connectivity index (χ3v) is 6.53. The average Bonchev–Trinajstić information content (AvgIpc) is 3.41. The van der Waals surface area contributed by atoms with Gasteiger partial charge in [0.1, 0.15) is 18.0 Å². The summed E-state index contributed by atoms with van der Waals surface area (Å²) in [6, 6.07) is 2.11. The molecule has 0 bridgehead atoms. The first kappa shape index (κ1) is 18.0. The molecule has 144 valence electrons. The van der Waals surface area contributed by atoms with E-state index in [0.717, 1.165) is 43.9 Å². The monoisotopic (exact) mass is 359 g/mol. The fourth-order valence-electron chi connectivity index (χ4n) is 4.69. The Kier molecular flexibility index (Phi) is 5.06. The predicted octanol–water partition coefficient (Wildman–Crippen LogP) is 2.12. The fourth-order valence-corrected chi connectivity index (χ4v) is 4.69. The number of ether oxygens (including phenoxy) is 1. The number of nitrogens with zero attached hydrogens (tertiary/aromatic N) is 5. The first-order valence-corrected chi connectivity index (χ1v) is 10.1. The number of piperidine rings is 1. The van der Waals surface area contributed by atoms with Crippen LogP contribution in [0.4, 0.5) is 11.6 Å². The molecule has 3 fully saturated rings. The van der Waals surface area contributed by atoms with Gasteiger partial charge in [-0.3, -0.25) is 0 Å². The van der Waals surface area contributed by atoms with Gasteiger partial charge in [-0.05, 0) is 44.1 Å². The lowest BCUT2D eigenvalue weighted by Gasteiger charge is -2.43. The van der Waals surface area contributed by atoms with Gasteiger partial charge in [-0.25, -0.2) is 9.97 Å². The smallest absolute Gasteiger partial charge is 0.134 e. The molecule has 6 heteroatoms. The molecule has 2 saturated heterocycles. The number of hydrogen-bond donors (Lipinski definition) is 0. The molecule has 3 aliphatic rings. The van der Waals surface area contributed by atoms with Crippen LogP contribution in [0.15, 0.2) is 12.4 Å². The summed E-state index contributed by atoms with van der Waals surface area (Å²) < 4.78 is 6.10. The highest BCUT2D eigenvalue weighted by molar-refractivity contribution is 5.49. The highest BCUT2D eigenvalue weighted by Crippen LogP contribution is 2.45. The normalized spacial score (nSPS) is 25.8. The number of anilines is 2. The summed E-state index contributed by atoms with van der Waals surface area (Å²) >= 11 is 0. The van der Waals surface area contributed by atoms with Gasteiger partial charge in [0, 0.05) is 58.9 Å². The second-order valence-electron chi connectivity index (χ2n) is 8.85. The van der Waals surface area contributed by atoms with Crippen molar-refractivity contribution in [3.8, 4) is 0 Å². The van der Waals surface area contributed by atoms with Crippen molar-refractivity contribution in [1.29, 1.82) is 0 Å². The highest BCUT2D eigenvalue weighted by Gasteiger charge is 2.47. The highest BCUT2D eigenvalue weighted by atomic mass is 16.5. The zero-order valence-corrected chi connectivity index (χ0v) is 16.5. The van der Waals surface area contributed by atoms with Crippen molar-refractivity contribution in [2.45, 2.75) is 25.7 Å². The van der Waals surface area contributed by atoms with Crippen molar-refractivity contribution in [3.05, 3.63) is 12.4 Å². The predicted molar refractivity (Wildman–Crippen MR) is 105 cm³/mol. The molecule has 0 amide bonds. The molecule has 3 heterocycles. The SMILES string of the molecule is CN1C[C@H](COCC2CC2)C2(CCN(c3cc(N(C)C)ncn3)CC2)C1. The van der Waals surface area contributed by atoms with Gasteiger partial charge >= 0.3 is 0 Å². The average molecular weight is 360 g/mol. The quantitative estimate of drug-likeness (QED) is 0.775. The minimum atomic E-state index is 0.423. The lowest BCUT2D eigenvalue weighted by Crippen LogP contribution is -2.45. The molecule has 0 N–H and O–H groups in total. The van der Waals surface area contributed by atoms with Gasteiger partial charge in [-0.1, -0.05) is 0 Å². The maximum Gasteiger partial charge on any atom is 0.134 e. The van der Waals surface area contributed by atoms with E-state index in [0.29, 0.717) is 11.3 Å². The van der Waals surface area contributed by atoms with E-state index in [1.165, 1.54) is 38.8 Å². The van der Waals surface area contributed by atoms with E-state index in [1.807, 2.05) is 19.0 Å². The van der Waals surface area contributed by atoms with Crippen molar-refractivity contribution in [1.82, 2.24) is 14.9 Å². The van der Waals surface area contributed by atoms with E-state index in [9.17, 15) is 0 Å². The van der Waals surface area contributed by atoms with Crippen LogP contribution in [0.3, 0.4) is 0 Å². The van der Waals surface area contributed by atoms with Gasteiger partial charge in [-0.15, -0.1) is 0 Å². The minimum absolute atomic E-state index is 0.423. The van der Waals surface area contributed by atoms with E-state index >= 15 is 0 Å². The molecule has 4 rings (SSSR count). The molecule has 26 heavy (non-hydrogen) atoms. The van der Waals surface area contributed by atoms with E-state index in [1.54, 1.807) is 6.33 Å². The van der Waals surface area contributed by atoms with Gasteiger partial charge in [0.25, 0.3) is 0 Å².